The third-order valence-electron chi connectivity index (χ3n) is 5.54. The molecule has 1 aliphatic rings. The van der Waals surface area contributed by atoms with Crippen molar-refractivity contribution < 1.29 is 24.6 Å². The van der Waals surface area contributed by atoms with Crippen LogP contribution in [0.2, 0.25) is 0 Å². The Bertz CT molecular complexity index is 1200. The van der Waals surface area contributed by atoms with E-state index in [1.807, 2.05) is 23.1 Å². The lowest BCUT2D eigenvalue weighted by molar-refractivity contribution is -0.143. The average Bonchev–Trinajstić information content (AvgIpc) is 3.21. The number of H-pyrrole nitrogens is 1. The molecule has 3 heterocycles. The number of piperazine rings is 1. The number of carboxylic acids is 2. The van der Waals surface area contributed by atoms with E-state index in [9.17, 15) is 19.5 Å². The second-order valence-electron chi connectivity index (χ2n) is 7.62. The maximum atomic E-state index is 12.2. The molecule has 4 N–H and O–H groups in total. The number of benzene rings is 1. The molecule has 1 aliphatic heterocycles. The van der Waals surface area contributed by atoms with Crippen LogP contribution in [0, 0.1) is 0 Å². The molecule has 10 nitrogen and oxygen atoms in total. The number of carboxylic acid groups (broad SMARTS) is 2. The number of aromatic amines is 1. The van der Waals surface area contributed by atoms with Gasteiger partial charge < -0.3 is 25.4 Å². The topological polar surface area (TPSA) is 139 Å². The van der Waals surface area contributed by atoms with Crippen LogP contribution in [0.15, 0.2) is 60.9 Å². The van der Waals surface area contributed by atoms with E-state index in [1.165, 1.54) is 0 Å². The third kappa shape index (κ3) is 5.01. The summed E-state index contributed by atoms with van der Waals surface area (Å²) in [7, 11) is 0. The van der Waals surface area contributed by atoms with Crippen LogP contribution in [-0.2, 0) is 14.4 Å². The lowest BCUT2D eigenvalue weighted by Crippen LogP contribution is -2.49. The van der Waals surface area contributed by atoms with Gasteiger partial charge in [0.25, 0.3) is 0 Å². The Morgan fingerprint density at radius 1 is 1.06 bits per heavy atom. The number of rotatable bonds is 7. The number of aliphatic carboxylic acids is 2. The highest BCUT2D eigenvalue weighted by Crippen LogP contribution is 2.31. The highest BCUT2D eigenvalue weighted by Gasteiger charge is 2.32. The number of anilines is 2. The Labute approximate surface area is 189 Å². The maximum Gasteiger partial charge on any atom is 0.328 e. The molecule has 1 atom stereocenters. The molecule has 4 rings (SSSR count). The molecule has 1 unspecified atom stereocenters. The molecule has 3 aromatic rings. The Morgan fingerprint density at radius 2 is 1.85 bits per heavy atom. The largest absolute Gasteiger partial charge is 0.480 e. The van der Waals surface area contributed by atoms with Gasteiger partial charge >= 0.3 is 11.9 Å². The summed E-state index contributed by atoms with van der Waals surface area (Å²) in [5.74, 6) is -1.84. The van der Waals surface area contributed by atoms with Crippen LogP contribution in [0.4, 0.5) is 11.5 Å². The number of nitrogens with one attached hydrogen (secondary N) is 2. The van der Waals surface area contributed by atoms with Crippen LogP contribution >= 0.6 is 0 Å². The molecule has 0 aliphatic carbocycles. The number of carbonyl (C=O) groups is 3. The van der Waals surface area contributed by atoms with Crippen LogP contribution in [0.1, 0.15) is 11.6 Å². The number of fused-ring (bicyclic) bond motifs is 1. The molecular formula is C23H23N5O5. The zero-order valence-corrected chi connectivity index (χ0v) is 17.6. The van der Waals surface area contributed by atoms with Crippen LogP contribution in [0.25, 0.3) is 10.9 Å². The predicted octanol–water partition coefficient (Wildman–Crippen LogP) is 2.09. The molecule has 0 spiro atoms. The van der Waals surface area contributed by atoms with Gasteiger partial charge in [0.2, 0.25) is 5.91 Å². The summed E-state index contributed by atoms with van der Waals surface area (Å²) in [6.07, 6.45) is 5.11. The van der Waals surface area contributed by atoms with Gasteiger partial charge in [-0.25, -0.2) is 9.78 Å². The van der Waals surface area contributed by atoms with E-state index in [0.29, 0.717) is 42.9 Å². The highest BCUT2D eigenvalue weighted by atomic mass is 16.4. The fraction of sp³-hybridized carbons (Fsp3) is 0.217. The number of pyridine rings is 1. The first-order valence-corrected chi connectivity index (χ1v) is 10.4. The SMILES string of the molecule is O=C(O)/C=C/C(=O)Nc1ccc2c(C(C(=O)O)N3CCN(c4ccccn4)CC3)c[nH]c2c1. The van der Waals surface area contributed by atoms with Gasteiger partial charge in [-0.05, 0) is 24.3 Å². The molecule has 1 aromatic carbocycles. The van der Waals surface area contributed by atoms with E-state index in [-0.39, 0.29) is 0 Å². The van der Waals surface area contributed by atoms with Gasteiger partial charge in [0.1, 0.15) is 11.9 Å². The Kier molecular flexibility index (Phi) is 6.36. The average molecular weight is 449 g/mol. The minimum Gasteiger partial charge on any atom is -0.480 e. The minimum atomic E-state index is -1.21. The predicted molar refractivity (Wildman–Crippen MR) is 122 cm³/mol. The molecule has 0 bridgehead atoms. The summed E-state index contributed by atoms with van der Waals surface area (Å²) < 4.78 is 0. The molecule has 2 aromatic heterocycles. The fourth-order valence-corrected chi connectivity index (χ4v) is 4.02. The summed E-state index contributed by atoms with van der Waals surface area (Å²) in [4.78, 5) is 46.1. The van der Waals surface area contributed by atoms with Crippen molar-refractivity contribution in [3.63, 3.8) is 0 Å². The fourth-order valence-electron chi connectivity index (χ4n) is 4.02. The summed E-state index contributed by atoms with van der Waals surface area (Å²) in [5.41, 5.74) is 1.78. The molecule has 10 heteroatoms. The summed E-state index contributed by atoms with van der Waals surface area (Å²) >= 11 is 0. The van der Waals surface area contributed by atoms with E-state index in [1.54, 1.807) is 30.6 Å². The van der Waals surface area contributed by atoms with E-state index >= 15 is 0 Å². The Hall–Kier alpha value is -4.18. The summed E-state index contributed by atoms with van der Waals surface area (Å²) in [6.45, 7) is 2.49. The Morgan fingerprint density at radius 3 is 2.52 bits per heavy atom. The van der Waals surface area contributed by atoms with Gasteiger partial charge in [0.05, 0.1) is 0 Å². The number of aromatic nitrogens is 2. The minimum absolute atomic E-state index is 0.465. The van der Waals surface area contributed by atoms with Crippen molar-refractivity contribution >= 4 is 40.3 Å². The molecule has 1 amide bonds. The van der Waals surface area contributed by atoms with Crippen LogP contribution in [-0.4, -0.2) is 69.1 Å². The lowest BCUT2D eigenvalue weighted by Gasteiger charge is -2.38. The molecule has 1 fully saturated rings. The van der Waals surface area contributed by atoms with Crippen molar-refractivity contribution in [1.29, 1.82) is 0 Å². The van der Waals surface area contributed by atoms with Crippen LogP contribution in [0.5, 0.6) is 0 Å². The quantitative estimate of drug-likeness (QED) is 0.402. The zero-order chi connectivity index (χ0) is 23.4. The van der Waals surface area contributed by atoms with E-state index < -0.39 is 23.9 Å². The first-order chi connectivity index (χ1) is 15.9. The first-order valence-electron chi connectivity index (χ1n) is 10.4. The van der Waals surface area contributed by atoms with Gasteiger partial charge in [0, 0.05) is 72.9 Å². The van der Waals surface area contributed by atoms with E-state index in [0.717, 1.165) is 23.4 Å². The van der Waals surface area contributed by atoms with Crippen molar-refractivity contribution in [2.24, 2.45) is 0 Å². The normalized spacial score (nSPS) is 15.6. The lowest BCUT2D eigenvalue weighted by atomic mass is 10.0. The smallest absolute Gasteiger partial charge is 0.328 e. The molecular weight excluding hydrogens is 426 g/mol. The monoisotopic (exact) mass is 449 g/mol. The van der Waals surface area contributed by atoms with Crippen molar-refractivity contribution in [3.8, 4) is 0 Å². The number of hydrogen-bond donors (Lipinski definition) is 4. The first kappa shape index (κ1) is 22.0. The van der Waals surface area contributed by atoms with Crippen LogP contribution < -0.4 is 10.2 Å². The van der Waals surface area contributed by atoms with Gasteiger partial charge in [-0.3, -0.25) is 14.5 Å². The van der Waals surface area contributed by atoms with Gasteiger partial charge in [-0.1, -0.05) is 12.1 Å². The van der Waals surface area contributed by atoms with Crippen molar-refractivity contribution in [2.45, 2.75) is 6.04 Å². The molecule has 33 heavy (non-hydrogen) atoms. The highest BCUT2D eigenvalue weighted by molar-refractivity contribution is 6.03. The van der Waals surface area contributed by atoms with Crippen molar-refractivity contribution in [2.75, 3.05) is 36.4 Å². The standard InChI is InChI=1S/C23H23N5O5/c29-20(6-7-21(30)31)26-15-4-5-16-17(14-25-18(16)13-15)22(23(32)33)28-11-9-27(10-12-28)19-3-1-2-8-24-19/h1-8,13-14,22,25H,9-12H2,(H,26,29)(H,30,31)(H,32,33)/b7-6+. The van der Waals surface area contributed by atoms with Crippen LogP contribution in [0.3, 0.4) is 0 Å². The number of amides is 1. The second kappa shape index (κ2) is 9.53. The molecule has 0 radical (unpaired) electrons. The number of hydrogen-bond acceptors (Lipinski definition) is 6. The molecule has 1 saturated heterocycles. The molecule has 0 saturated carbocycles. The van der Waals surface area contributed by atoms with Gasteiger partial charge in [-0.2, -0.15) is 0 Å². The van der Waals surface area contributed by atoms with Gasteiger partial charge in [0.15, 0.2) is 0 Å². The van der Waals surface area contributed by atoms with Crippen molar-refractivity contribution in [1.82, 2.24) is 14.9 Å². The van der Waals surface area contributed by atoms with E-state index in [2.05, 4.69) is 20.2 Å². The number of carbonyl (C=O) groups excluding carboxylic acids is 1. The van der Waals surface area contributed by atoms with Gasteiger partial charge in [-0.15, -0.1) is 0 Å². The van der Waals surface area contributed by atoms with E-state index in [4.69, 9.17) is 5.11 Å². The Balaban J connectivity index is 1.51. The van der Waals surface area contributed by atoms with Crippen molar-refractivity contribution in [3.05, 3.63) is 66.5 Å². The zero-order valence-electron chi connectivity index (χ0n) is 17.6. The molecule has 170 valence electrons. The second-order valence-corrected chi connectivity index (χ2v) is 7.62. The number of nitrogens with zero attached hydrogens (tertiary/aromatic N) is 3. The maximum absolute atomic E-state index is 12.2. The third-order valence-corrected chi connectivity index (χ3v) is 5.54. The summed E-state index contributed by atoms with van der Waals surface area (Å²) in [5, 5.41) is 22.0. The summed E-state index contributed by atoms with van der Waals surface area (Å²) in [6, 6.07) is 10.0.